The van der Waals surface area contributed by atoms with Gasteiger partial charge in [0.25, 0.3) is 5.91 Å². The molecule has 3 saturated carbocycles. The van der Waals surface area contributed by atoms with Crippen LogP contribution in [0.4, 0.5) is 8.78 Å². The van der Waals surface area contributed by atoms with Gasteiger partial charge in [-0.15, -0.1) is 11.3 Å². The molecule has 0 bridgehead atoms. The fourth-order valence-electron chi connectivity index (χ4n) is 3.49. The van der Waals surface area contributed by atoms with Gasteiger partial charge in [0.2, 0.25) is 5.92 Å². The van der Waals surface area contributed by atoms with Crippen LogP contribution < -0.4 is 10.6 Å². The third kappa shape index (κ3) is 3.97. The Balaban J connectivity index is 1.26. The minimum Gasteiger partial charge on any atom is -0.349 e. The number of halogens is 2. The molecule has 2 unspecified atom stereocenters. The summed E-state index contributed by atoms with van der Waals surface area (Å²) >= 11 is 1.55. The highest BCUT2D eigenvalue weighted by Gasteiger charge is 2.40. The number of alkyl halides is 2. The molecule has 24 heavy (non-hydrogen) atoms. The van der Waals surface area contributed by atoms with Crippen LogP contribution in [-0.2, 0) is 0 Å². The number of rotatable bonds is 6. The SMILES string of the molecule is O=C(NC1CCC(F)(F)CC1)c1ccc(C2CC2NCC2CC2)s1. The molecule has 2 N–H and O–H groups in total. The van der Waals surface area contributed by atoms with Crippen molar-refractivity contribution in [2.45, 2.75) is 68.9 Å². The maximum absolute atomic E-state index is 13.2. The van der Waals surface area contributed by atoms with Crippen molar-refractivity contribution >= 4 is 17.2 Å². The first kappa shape index (κ1) is 16.5. The lowest BCUT2D eigenvalue weighted by Gasteiger charge is -2.28. The second-order valence-corrected chi connectivity index (χ2v) is 8.72. The monoisotopic (exact) mass is 354 g/mol. The molecule has 3 aliphatic rings. The molecule has 0 radical (unpaired) electrons. The number of hydrogen-bond donors (Lipinski definition) is 2. The first-order chi connectivity index (χ1) is 11.5. The number of hydrogen-bond acceptors (Lipinski definition) is 3. The number of nitrogens with one attached hydrogen (secondary N) is 2. The van der Waals surface area contributed by atoms with Gasteiger partial charge in [0.05, 0.1) is 4.88 Å². The third-order valence-electron chi connectivity index (χ3n) is 5.42. The zero-order chi connectivity index (χ0) is 16.7. The fraction of sp³-hybridized carbons (Fsp3) is 0.722. The highest BCUT2D eigenvalue weighted by atomic mass is 32.1. The van der Waals surface area contributed by atoms with Crippen LogP contribution in [-0.4, -0.2) is 30.5 Å². The minimum absolute atomic E-state index is 0.107. The predicted octanol–water partition coefficient (Wildman–Crippen LogP) is 3.91. The van der Waals surface area contributed by atoms with Crippen molar-refractivity contribution in [2.24, 2.45) is 5.92 Å². The summed E-state index contributed by atoms with van der Waals surface area (Å²) in [5, 5.41) is 6.54. The van der Waals surface area contributed by atoms with Gasteiger partial charge in [-0.05, 0) is 56.7 Å². The average molecular weight is 354 g/mol. The van der Waals surface area contributed by atoms with E-state index in [0.717, 1.165) is 18.9 Å². The van der Waals surface area contributed by atoms with Crippen LogP contribution in [0, 0.1) is 5.92 Å². The second-order valence-electron chi connectivity index (χ2n) is 7.61. The summed E-state index contributed by atoms with van der Waals surface area (Å²) in [6.07, 6.45) is 4.38. The first-order valence-electron chi connectivity index (χ1n) is 9.02. The van der Waals surface area contributed by atoms with E-state index in [4.69, 9.17) is 0 Å². The van der Waals surface area contributed by atoms with Crippen molar-refractivity contribution in [3.63, 3.8) is 0 Å². The summed E-state index contributed by atoms with van der Waals surface area (Å²) in [7, 11) is 0. The number of carbonyl (C=O) groups excluding carboxylic acids is 1. The molecule has 132 valence electrons. The maximum atomic E-state index is 13.2. The zero-order valence-electron chi connectivity index (χ0n) is 13.7. The normalized spacial score (nSPS) is 29.4. The lowest BCUT2D eigenvalue weighted by molar-refractivity contribution is -0.0399. The van der Waals surface area contributed by atoms with E-state index < -0.39 is 5.92 Å². The van der Waals surface area contributed by atoms with Gasteiger partial charge in [-0.2, -0.15) is 0 Å². The lowest BCUT2D eigenvalue weighted by Crippen LogP contribution is -2.40. The largest absolute Gasteiger partial charge is 0.349 e. The van der Waals surface area contributed by atoms with Gasteiger partial charge in [0.1, 0.15) is 0 Å². The number of carbonyl (C=O) groups is 1. The van der Waals surface area contributed by atoms with Gasteiger partial charge < -0.3 is 10.6 Å². The Kier molecular flexibility index (Phi) is 4.37. The summed E-state index contributed by atoms with van der Waals surface area (Å²) < 4.78 is 26.3. The van der Waals surface area contributed by atoms with Crippen LogP contribution in [0.1, 0.15) is 65.4 Å². The summed E-state index contributed by atoms with van der Waals surface area (Å²) in [6.45, 7) is 1.13. The highest BCUT2D eigenvalue weighted by Crippen LogP contribution is 2.44. The molecule has 1 aromatic rings. The summed E-state index contributed by atoms with van der Waals surface area (Å²) in [5.74, 6) is -1.22. The lowest BCUT2D eigenvalue weighted by atomic mass is 9.92. The Morgan fingerprint density at radius 1 is 1.21 bits per heavy atom. The summed E-state index contributed by atoms with van der Waals surface area (Å²) in [4.78, 5) is 14.3. The number of thiophene rings is 1. The molecule has 3 nitrogen and oxygen atoms in total. The Hall–Kier alpha value is -1.01. The standard InChI is InChI=1S/C18H24F2N2OS/c19-18(20)7-5-12(6-8-18)22-17(23)16-4-3-15(24-16)13-9-14(13)21-10-11-1-2-11/h3-4,11-14,21H,1-2,5-10H2,(H,22,23). The van der Waals surface area contributed by atoms with E-state index in [1.54, 1.807) is 11.3 Å². The van der Waals surface area contributed by atoms with Gasteiger partial charge in [-0.3, -0.25) is 4.79 Å². The Morgan fingerprint density at radius 2 is 1.96 bits per heavy atom. The van der Waals surface area contributed by atoms with E-state index in [2.05, 4.69) is 16.7 Å². The van der Waals surface area contributed by atoms with Gasteiger partial charge >= 0.3 is 0 Å². The van der Waals surface area contributed by atoms with Crippen molar-refractivity contribution in [1.29, 1.82) is 0 Å². The van der Waals surface area contributed by atoms with Crippen LogP contribution in [0.3, 0.4) is 0 Å². The topological polar surface area (TPSA) is 41.1 Å². The van der Waals surface area contributed by atoms with E-state index in [1.165, 1.54) is 17.7 Å². The summed E-state index contributed by atoms with van der Waals surface area (Å²) in [6, 6.07) is 4.39. The molecule has 1 heterocycles. The Morgan fingerprint density at radius 3 is 2.67 bits per heavy atom. The maximum Gasteiger partial charge on any atom is 0.261 e. The molecule has 3 aliphatic carbocycles. The first-order valence-corrected chi connectivity index (χ1v) is 9.84. The molecule has 0 aliphatic heterocycles. The quantitative estimate of drug-likeness (QED) is 0.813. The molecule has 2 atom stereocenters. The molecule has 3 fully saturated rings. The van der Waals surface area contributed by atoms with Crippen molar-refractivity contribution in [1.82, 2.24) is 10.6 Å². The molecule has 0 saturated heterocycles. The van der Waals surface area contributed by atoms with Crippen molar-refractivity contribution < 1.29 is 13.6 Å². The molecule has 1 aromatic heterocycles. The van der Waals surface area contributed by atoms with Gasteiger partial charge in [0.15, 0.2) is 0 Å². The second kappa shape index (κ2) is 6.37. The Labute approximate surface area is 145 Å². The predicted molar refractivity (Wildman–Crippen MR) is 90.9 cm³/mol. The van der Waals surface area contributed by atoms with E-state index in [1.807, 2.05) is 6.07 Å². The third-order valence-corrected chi connectivity index (χ3v) is 6.64. The van der Waals surface area contributed by atoms with Crippen LogP contribution in [0.2, 0.25) is 0 Å². The molecule has 0 aromatic carbocycles. The van der Waals surface area contributed by atoms with E-state index in [-0.39, 0.29) is 24.8 Å². The molecule has 6 heteroatoms. The Bertz CT molecular complexity index is 604. The van der Waals surface area contributed by atoms with Crippen molar-refractivity contribution in [3.8, 4) is 0 Å². The smallest absolute Gasteiger partial charge is 0.261 e. The van der Waals surface area contributed by atoms with Crippen LogP contribution in [0.25, 0.3) is 0 Å². The molecule has 4 rings (SSSR count). The van der Waals surface area contributed by atoms with Gasteiger partial charge in [-0.25, -0.2) is 8.78 Å². The molecule has 0 spiro atoms. The van der Waals surface area contributed by atoms with Crippen molar-refractivity contribution in [3.05, 3.63) is 21.9 Å². The zero-order valence-corrected chi connectivity index (χ0v) is 14.5. The molecular weight excluding hydrogens is 330 g/mol. The van der Waals surface area contributed by atoms with Gasteiger partial charge in [0, 0.05) is 35.7 Å². The van der Waals surface area contributed by atoms with Gasteiger partial charge in [-0.1, -0.05) is 0 Å². The van der Waals surface area contributed by atoms with E-state index >= 15 is 0 Å². The number of amides is 1. The highest BCUT2D eigenvalue weighted by molar-refractivity contribution is 7.14. The van der Waals surface area contributed by atoms with Crippen LogP contribution in [0.15, 0.2) is 12.1 Å². The van der Waals surface area contributed by atoms with Crippen LogP contribution in [0.5, 0.6) is 0 Å². The van der Waals surface area contributed by atoms with E-state index in [0.29, 0.717) is 29.7 Å². The molecule has 1 amide bonds. The average Bonchev–Trinajstić information content (AvgIpc) is 3.46. The fourth-order valence-corrected chi connectivity index (χ4v) is 4.58. The van der Waals surface area contributed by atoms with E-state index in [9.17, 15) is 13.6 Å². The van der Waals surface area contributed by atoms with Crippen molar-refractivity contribution in [2.75, 3.05) is 6.54 Å². The van der Waals surface area contributed by atoms with Crippen LogP contribution >= 0.6 is 11.3 Å². The minimum atomic E-state index is -2.55. The molecular formula is C18H24F2N2OS. The summed E-state index contributed by atoms with van der Waals surface area (Å²) in [5.41, 5.74) is 0.